The minimum atomic E-state index is -0.878. The Morgan fingerprint density at radius 3 is 2.64 bits per heavy atom. The summed E-state index contributed by atoms with van der Waals surface area (Å²) >= 11 is 3.39. The number of carbonyl (C=O) groups excluding carboxylic acids is 2. The van der Waals surface area contributed by atoms with Gasteiger partial charge in [-0.2, -0.15) is 0 Å². The Labute approximate surface area is 199 Å². The van der Waals surface area contributed by atoms with E-state index < -0.39 is 17.7 Å². The number of rotatable bonds is 7. The van der Waals surface area contributed by atoms with Crippen molar-refractivity contribution in [2.45, 2.75) is 19.5 Å². The van der Waals surface area contributed by atoms with Crippen molar-refractivity contribution < 1.29 is 28.6 Å². The van der Waals surface area contributed by atoms with Crippen LogP contribution >= 0.6 is 15.9 Å². The van der Waals surface area contributed by atoms with Crippen molar-refractivity contribution in [3.63, 3.8) is 0 Å². The van der Waals surface area contributed by atoms with Gasteiger partial charge in [-0.3, -0.25) is 9.59 Å². The second kappa shape index (κ2) is 9.54. The van der Waals surface area contributed by atoms with Gasteiger partial charge in [-0.1, -0.05) is 12.1 Å². The lowest BCUT2D eigenvalue weighted by atomic mass is 9.99. The number of nitrogens with zero attached hydrogens (tertiary/aromatic N) is 1. The lowest BCUT2D eigenvalue weighted by Crippen LogP contribution is -2.29. The van der Waals surface area contributed by atoms with Gasteiger partial charge in [-0.25, -0.2) is 0 Å². The SMILES string of the molecule is CCOc1cccc(CN2C(=O)C(=O)/C(=C(\O)c3ccc(OC)c(Br)c3)C2c2ccco2)c1. The van der Waals surface area contributed by atoms with Crippen molar-refractivity contribution in [1.82, 2.24) is 4.90 Å². The van der Waals surface area contributed by atoms with Crippen LogP contribution in [0.3, 0.4) is 0 Å². The monoisotopic (exact) mass is 511 g/mol. The largest absolute Gasteiger partial charge is 0.507 e. The number of carbonyl (C=O) groups is 2. The Morgan fingerprint density at radius 1 is 1.15 bits per heavy atom. The molecule has 1 aromatic heterocycles. The third kappa shape index (κ3) is 4.39. The van der Waals surface area contributed by atoms with Crippen LogP contribution in [0, 0.1) is 0 Å². The van der Waals surface area contributed by atoms with Crippen molar-refractivity contribution >= 4 is 33.4 Å². The molecule has 1 amide bonds. The summed E-state index contributed by atoms with van der Waals surface area (Å²) in [6, 6.07) is 14.7. The van der Waals surface area contributed by atoms with Crippen molar-refractivity contribution in [3.05, 3.63) is 87.8 Å². The lowest BCUT2D eigenvalue weighted by Gasteiger charge is -2.23. The Bertz CT molecular complexity index is 1220. The number of aliphatic hydroxyl groups excluding tert-OH is 1. The maximum Gasteiger partial charge on any atom is 0.296 e. The fourth-order valence-electron chi connectivity index (χ4n) is 3.85. The van der Waals surface area contributed by atoms with Crippen LogP contribution < -0.4 is 9.47 Å². The Kier molecular flexibility index (Phi) is 6.55. The zero-order valence-electron chi connectivity index (χ0n) is 18.1. The summed E-state index contributed by atoms with van der Waals surface area (Å²) in [5.74, 6) is -0.157. The van der Waals surface area contributed by atoms with Gasteiger partial charge >= 0.3 is 0 Å². The Balaban J connectivity index is 1.79. The van der Waals surface area contributed by atoms with Crippen LogP contribution in [-0.4, -0.2) is 35.4 Å². The molecule has 7 nitrogen and oxygen atoms in total. The number of hydrogen-bond donors (Lipinski definition) is 1. The molecule has 1 saturated heterocycles. The minimum absolute atomic E-state index is 0.0343. The van der Waals surface area contributed by atoms with Crippen LogP contribution in [0.2, 0.25) is 0 Å². The van der Waals surface area contributed by atoms with Gasteiger partial charge in [0.25, 0.3) is 11.7 Å². The molecule has 1 aliphatic heterocycles. The third-order valence-electron chi connectivity index (χ3n) is 5.34. The first-order chi connectivity index (χ1) is 15.9. The molecule has 33 heavy (non-hydrogen) atoms. The summed E-state index contributed by atoms with van der Waals surface area (Å²) in [5.41, 5.74) is 1.12. The van der Waals surface area contributed by atoms with E-state index >= 15 is 0 Å². The van der Waals surface area contributed by atoms with E-state index in [0.29, 0.717) is 33.9 Å². The van der Waals surface area contributed by atoms with E-state index in [0.717, 1.165) is 5.56 Å². The molecule has 0 saturated carbocycles. The van der Waals surface area contributed by atoms with E-state index in [1.54, 1.807) is 30.3 Å². The molecule has 0 bridgehead atoms. The molecular weight excluding hydrogens is 490 g/mol. The number of aliphatic hydroxyl groups is 1. The van der Waals surface area contributed by atoms with E-state index in [1.165, 1.54) is 18.3 Å². The summed E-state index contributed by atoms with van der Waals surface area (Å²) in [6.07, 6.45) is 1.47. The van der Waals surface area contributed by atoms with Gasteiger partial charge < -0.3 is 23.9 Å². The van der Waals surface area contributed by atoms with Gasteiger partial charge in [0.15, 0.2) is 0 Å². The van der Waals surface area contributed by atoms with Gasteiger partial charge in [-0.05, 0) is 70.9 Å². The van der Waals surface area contributed by atoms with E-state index in [-0.39, 0.29) is 17.9 Å². The van der Waals surface area contributed by atoms with Crippen molar-refractivity contribution in [2.75, 3.05) is 13.7 Å². The minimum Gasteiger partial charge on any atom is -0.507 e. The highest BCUT2D eigenvalue weighted by atomic mass is 79.9. The fraction of sp³-hybridized carbons (Fsp3) is 0.200. The second-order valence-corrected chi connectivity index (χ2v) is 8.23. The molecule has 170 valence electrons. The van der Waals surface area contributed by atoms with Crippen molar-refractivity contribution in [1.29, 1.82) is 0 Å². The first-order valence-corrected chi connectivity index (χ1v) is 11.1. The van der Waals surface area contributed by atoms with Crippen LogP contribution in [-0.2, 0) is 16.1 Å². The van der Waals surface area contributed by atoms with E-state index in [9.17, 15) is 14.7 Å². The van der Waals surface area contributed by atoms with Gasteiger partial charge in [0.1, 0.15) is 29.1 Å². The van der Waals surface area contributed by atoms with Gasteiger partial charge in [0, 0.05) is 12.1 Å². The molecule has 1 aliphatic rings. The average Bonchev–Trinajstić information content (AvgIpc) is 3.42. The number of methoxy groups -OCH3 is 1. The quantitative estimate of drug-likeness (QED) is 0.270. The van der Waals surface area contributed by atoms with Crippen LogP contribution in [0.1, 0.15) is 29.9 Å². The molecule has 3 aromatic rings. The molecule has 0 spiro atoms. The standard InChI is InChI=1S/C25H22BrNO6/c1-3-32-17-7-4-6-15(12-17)14-27-22(20-8-5-11-33-20)21(24(29)25(27)30)23(28)16-9-10-19(31-2)18(26)13-16/h4-13,22,28H,3,14H2,1-2H3/b23-21-. The van der Waals surface area contributed by atoms with Gasteiger partial charge in [-0.15, -0.1) is 0 Å². The highest BCUT2D eigenvalue weighted by Crippen LogP contribution is 2.41. The van der Waals surface area contributed by atoms with Gasteiger partial charge in [0.2, 0.25) is 0 Å². The molecule has 8 heteroatoms. The number of amides is 1. The van der Waals surface area contributed by atoms with Crippen molar-refractivity contribution in [3.8, 4) is 11.5 Å². The normalized spacial score (nSPS) is 17.4. The zero-order valence-corrected chi connectivity index (χ0v) is 19.7. The predicted molar refractivity (Wildman–Crippen MR) is 125 cm³/mol. The first kappa shape index (κ1) is 22.7. The number of benzene rings is 2. The number of hydrogen-bond acceptors (Lipinski definition) is 6. The summed E-state index contributed by atoms with van der Waals surface area (Å²) in [7, 11) is 1.53. The Morgan fingerprint density at radius 2 is 1.97 bits per heavy atom. The number of Topliss-reactive ketones (excluding diaryl/α,β-unsaturated/α-hetero) is 1. The highest BCUT2D eigenvalue weighted by molar-refractivity contribution is 9.10. The van der Waals surface area contributed by atoms with Crippen LogP contribution in [0.5, 0.6) is 11.5 Å². The highest BCUT2D eigenvalue weighted by Gasteiger charge is 2.47. The zero-order chi connectivity index (χ0) is 23.5. The number of ketones is 1. The molecule has 1 N–H and O–H groups in total. The smallest absolute Gasteiger partial charge is 0.296 e. The number of likely N-dealkylation sites (tertiary alicyclic amines) is 1. The molecule has 1 unspecified atom stereocenters. The fourth-order valence-corrected chi connectivity index (χ4v) is 4.39. The van der Waals surface area contributed by atoms with Gasteiger partial charge in [0.05, 0.1) is 30.0 Å². The van der Waals surface area contributed by atoms with Crippen molar-refractivity contribution in [2.24, 2.45) is 0 Å². The molecule has 2 aromatic carbocycles. The van der Waals surface area contributed by atoms with Crippen LogP contribution in [0.4, 0.5) is 0 Å². The Hall–Kier alpha value is -3.52. The summed E-state index contributed by atoms with van der Waals surface area (Å²) in [6.45, 7) is 2.54. The second-order valence-electron chi connectivity index (χ2n) is 7.37. The molecular formula is C25H22BrNO6. The number of furan rings is 1. The summed E-state index contributed by atoms with van der Waals surface area (Å²) < 4.78 is 17.0. The van der Waals surface area contributed by atoms with Crippen LogP contribution in [0.15, 0.2) is 75.3 Å². The lowest BCUT2D eigenvalue weighted by molar-refractivity contribution is -0.140. The predicted octanol–water partition coefficient (Wildman–Crippen LogP) is 5.07. The molecule has 1 fully saturated rings. The van der Waals surface area contributed by atoms with Crippen LogP contribution in [0.25, 0.3) is 5.76 Å². The maximum atomic E-state index is 13.1. The third-order valence-corrected chi connectivity index (χ3v) is 5.96. The molecule has 4 rings (SSSR count). The van der Waals surface area contributed by atoms with E-state index in [2.05, 4.69) is 15.9 Å². The molecule has 2 heterocycles. The molecule has 1 atom stereocenters. The number of ether oxygens (including phenoxy) is 2. The summed E-state index contributed by atoms with van der Waals surface area (Å²) in [5, 5.41) is 11.1. The first-order valence-electron chi connectivity index (χ1n) is 10.3. The topological polar surface area (TPSA) is 89.2 Å². The average molecular weight is 512 g/mol. The maximum absolute atomic E-state index is 13.1. The van der Waals surface area contributed by atoms with E-state index in [4.69, 9.17) is 13.9 Å². The summed E-state index contributed by atoms with van der Waals surface area (Å²) in [4.78, 5) is 27.6. The number of halogens is 1. The molecule has 0 radical (unpaired) electrons. The molecule has 0 aliphatic carbocycles. The van der Waals surface area contributed by atoms with E-state index in [1.807, 2.05) is 31.2 Å².